The van der Waals surface area contributed by atoms with E-state index in [1.165, 1.54) is 0 Å². The highest BCUT2D eigenvalue weighted by Crippen LogP contribution is 2.03. The van der Waals surface area contributed by atoms with Crippen molar-refractivity contribution in [1.82, 2.24) is 24.9 Å². The van der Waals surface area contributed by atoms with Gasteiger partial charge in [0.1, 0.15) is 0 Å². The Morgan fingerprint density at radius 3 is 1.15 bits per heavy atom. The van der Waals surface area contributed by atoms with Crippen molar-refractivity contribution in [1.29, 1.82) is 0 Å². The molecular formula is C27H53N6O7+. The Morgan fingerprint density at radius 1 is 0.575 bits per heavy atom. The van der Waals surface area contributed by atoms with Crippen LogP contribution in [0, 0.1) is 0 Å². The summed E-state index contributed by atoms with van der Waals surface area (Å²) in [4.78, 5) is 57.7. The summed E-state index contributed by atoms with van der Waals surface area (Å²) >= 11 is 0. The lowest BCUT2D eigenvalue weighted by atomic mass is 10.3. The van der Waals surface area contributed by atoms with Gasteiger partial charge in [0, 0.05) is 52.4 Å². The summed E-state index contributed by atoms with van der Waals surface area (Å²) in [5, 5.41) is 3.01. The van der Waals surface area contributed by atoms with Crippen LogP contribution in [0.25, 0.3) is 0 Å². The number of ether oxygens (including phenoxy) is 3. The first-order valence-electron chi connectivity index (χ1n) is 14.4. The van der Waals surface area contributed by atoms with Crippen molar-refractivity contribution in [3.05, 3.63) is 0 Å². The molecule has 0 spiro atoms. The Morgan fingerprint density at radius 2 is 0.875 bits per heavy atom. The first-order valence-corrected chi connectivity index (χ1v) is 14.4. The Kier molecular flexibility index (Phi) is 17.6. The Balaban J connectivity index is 3.03. The van der Waals surface area contributed by atoms with E-state index >= 15 is 0 Å². The van der Waals surface area contributed by atoms with E-state index in [1.54, 1.807) is 20.8 Å². The van der Waals surface area contributed by atoms with E-state index in [9.17, 15) is 19.2 Å². The van der Waals surface area contributed by atoms with Crippen LogP contribution in [0.1, 0.15) is 20.8 Å². The summed E-state index contributed by atoms with van der Waals surface area (Å²) in [7, 11) is 6.23. The van der Waals surface area contributed by atoms with Gasteiger partial charge in [-0.15, -0.1) is 0 Å². The van der Waals surface area contributed by atoms with Gasteiger partial charge in [0.2, 0.25) is 5.91 Å². The van der Waals surface area contributed by atoms with Crippen LogP contribution in [0.2, 0.25) is 0 Å². The molecule has 0 aromatic rings. The average Bonchev–Trinajstić information content (AvgIpc) is 2.85. The number of amides is 1. The van der Waals surface area contributed by atoms with Crippen LogP contribution in [-0.4, -0.2) is 180 Å². The fourth-order valence-electron chi connectivity index (χ4n) is 4.17. The summed E-state index contributed by atoms with van der Waals surface area (Å²) in [6.45, 7) is 12.5. The van der Waals surface area contributed by atoms with Gasteiger partial charge in [0.15, 0.2) is 0 Å². The number of carbonyl (C=O) groups is 4. The molecule has 1 aliphatic heterocycles. The molecule has 0 bridgehead atoms. The molecule has 1 N–H and O–H groups in total. The number of carbonyl (C=O) groups excluding carboxylic acids is 4. The third-order valence-electron chi connectivity index (χ3n) is 6.38. The molecule has 1 rings (SSSR count). The number of nitrogens with zero attached hydrogens (tertiary/aromatic N) is 5. The van der Waals surface area contributed by atoms with Crippen LogP contribution in [-0.2, 0) is 33.4 Å². The van der Waals surface area contributed by atoms with Crippen molar-refractivity contribution in [3.8, 4) is 0 Å². The molecule has 0 aromatic heterocycles. The van der Waals surface area contributed by atoms with Gasteiger partial charge in [-0.1, -0.05) is 0 Å². The minimum Gasteiger partial charge on any atom is -0.465 e. The molecule has 1 heterocycles. The molecule has 0 aromatic carbocycles. The normalized spacial score (nSPS) is 17.4. The van der Waals surface area contributed by atoms with Crippen molar-refractivity contribution >= 4 is 23.8 Å². The molecule has 232 valence electrons. The van der Waals surface area contributed by atoms with Gasteiger partial charge < -0.3 is 24.0 Å². The van der Waals surface area contributed by atoms with Crippen molar-refractivity contribution in [2.45, 2.75) is 20.8 Å². The lowest BCUT2D eigenvalue weighted by molar-refractivity contribution is -0.869. The lowest BCUT2D eigenvalue weighted by Crippen LogP contribution is -2.50. The molecule has 13 nitrogen and oxygen atoms in total. The van der Waals surface area contributed by atoms with E-state index < -0.39 is 0 Å². The quantitative estimate of drug-likeness (QED) is 0.152. The Labute approximate surface area is 240 Å². The zero-order valence-corrected chi connectivity index (χ0v) is 25.6. The number of hydrogen-bond acceptors (Lipinski definition) is 11. The molecule has 40 heavy (non-hydrogen) atoms. The molecular weight excluding hydrogens is 520 g/mol. The minimum atomic E-state index is -0.314. The molecule has 0 atom stereocenters. The molecule has 0 radical (unpaired) electrons. The van der Waals surface area contributed by atoms with Crippen molar-refractivity contribution < 1.29 is 37.9 Å². The summed E-state index contributed by atoms with van der Waals surface area (Å²) in [5.74, 6) is -0.991. The highest BCUT2D eigenvalue weighted by molar-refractivity contribution is 5.78. The highest BCUT2D eigenvalue weighted by Gasteiger charge is 2.22. The maximum atomic E-state index is 12.8. The predicted molar refractivity (Wildman–Crippen MR) is 152 cm³/mol. The van der Waals surface area contributed by atoms with Crippen LogP contribution < -0.4 is 5.32 Å². The second-order valence-corrected chi connectivity index (χ2v) is 10.9. The Bertz CT molecular complexity index is 741. The van der Waals surface area contributed by atoms with Gasteiger partial charge in [0.25, 0.3) is 0 Å². The smallest absolute Gasteiger partial charge is 0.320 e. The van der Waals surface area contributed by atoms with E-state index in [2.05, 4.69) is 31.4 Å². The molecule has 0 unspecified atom stereocenters. The molecule has 0 saturated carbocycles. The number of hydrogen-bond donors (Lipinski definition) is 1. The van der Waals surface area contributed by atoms with E-state index in [-0.39, 0.29) is 50.0 Å². The fraction of sp³-hybridized carbons (Fsp3) is 0.852. The van der Waals surface area contributed by atoms with Gasteiger partial charge in [-0.25, -0.2) is 0 Å². The first kappa shape index (κ1) is 35.7. The standard InChI is InChI=1S/C27H52N6O7/c1-7-38-25(35)21-30-13-11-29(20-24(34)28-10-19-33(4,5)6)12-14-31(22-26(36)39-8-2)16-18-32(17-15-30)23-27(37)40-9-3/h7-23H2,1-6H3/p+1. The fourth-order valence-corrected chi connectivity index (χ4v) is 4.17. The van der Waals surface area contributed by atoms with Crippen LogP contribution >= 0.6 is 0 Å². The van der Waals surface area contributed by atoms with Gasteiger partial charge >= 0.3 is 17.9 Å². The molecule has 0 aliphatic carbocycles. The van der Waals surface area contributed by atoms with E-state index in [1.807, 2.05) is 14.7 Å². The zero-order valence-electron chi connectivity index (χ0n) is 25.6. The average molecular weight is 574 g/mol. The van der Waals surface area contributed by atoms with E-state index in [0.717, 1.165) is 11.0 Å². The zero-order chi connectivity index (χ0) is 30.0. The summed E-state index contributed by atoms with van der Waals surface area (Å²) in [6, 6.07) is 0. The molecule has 13 heteroatoms. The number of rotatable bonds is 14. The van der Waals surface area contributed by atoms with Crippen molar-refractivity contribution in [2.75, 3.05) is 133 Å². The highest BCUT2D eigenvalue weighted by atomic mass is 16.5. The van der Waals surface area contributed by atoms with Crippen LogP contribution in [0.3, 0.4) is 0 Å². The van der Waals surface area contributed by atoms with Gasteiger partial charge in [-0.05, 0) is 20.8 Å². The number of nitrogens with one attached hydrogen (secondary N) is 1. The molecule has 1 fully saturated rings. The topological polar surface area (TPSA) is 121 Å². The monoisotopic (exact) mass is 573 g/mol. The van der Waals surface area contributed by atoms with Crippen LogP contribution in [0.5, 0.6) is 0 Å². The van der Waals surface area contributed by atoms with Gasteiger partial charge in [0.05, 0.1) is 80.2 Å². The van der Waals surface area contributed by atoms with Crippen molar-refractivity contribution in [3.63, 3.8) is 0 Å². The summed E-state index contributed by atoms with van der Waals surface area (Å²) < 4.78 is 16.3. The molecule has 1 aliphatic rings. The molecule has 1 saturated heterocycles. The van der Waals surface area contributed by atoms with E-state index in [4.69, 9.17) is 14.2 Å². The maximum absolute atomic E-state index is 12.8. The summed E-state index contributed by atoms with van der Waals surface area (Å²) in [5.41, 5.74) is 0. The summed E-state index contributed by atoms with van der Waals surface area (Å²) in [6.07, 6.45) is 0. The van der Waals surface area contributed by atoms with E-state index in [0.29, 0.717) is 78.7 Å². The number of quaternary nitrogens is 1. The number of esters is 3. The third kappa shape index (κ3) is 17.4. The predicted octanol–water partition coefficient (Wildman–Crippen LogP) is -1.28. The number of likely N-dealkylation sites (N-methyl/N-ethyl adjacent to an activating group) is 1. The SMILES string of the molecule is CCOC(=O)CN1CCN(CC(=O)NCC[N+](C)(C)C)CCN(CC(=O)OCC)CCN(CC(=O)OCC)CC1. The minimum absolute atomic E-state index is 0.0601. The third-order valence-corrected chi connectivity index (χ3v) is 6.38. The largest absolute Gasteiger partial charge is 0.465 e. The van der Waals surface area contributed by atoms with Crippen LogP contribution in [0.4, 0.5) is 0 Å². The Hall–Kier alpha value is -2.32. The first-order chi connectivity index (χ1) is 18.9. The molecule has 1 amide bonds. The van der Waals surface area contributed by atoms with Crippen molar-refractivity contribution in [2.24, 2.45) is 0 Å². The van der Waals surface area contributed by atoms with Gasteiger partial charge in [-0.2, -0.15) is 0 Å². The second kappa shape index (κ2) is 19.7. The van der Waals surface area contributed by atoms with Crippen LogP contribution in [0.15, 0.2) is 0 Å². The van der Waals surface area contributed by atoms with Gasteiger partial charge in [-0.3, -0.25) is 38.8 Å². The maximum Gasteiger partial charge on any atom is 0.320 e. The lowest BCUT2D eigenvalue weighted by Gasteiger charge is -2.33. The second-order valence-electron chi connectivity index (χ2n) is 10.9.